The molecule has 4 nitrogen and oxygen atoms in total. The SMILES string of the molecule is CC(=O)OCC=Cc1ccccc1.CC(=O)OCC=Cc1ccccc1F. The van der Waals surface area contributed by atoms with Gasteiger partial charge in [-0.15, -0.1) is 0 Å². The lowest BCUT2D eigenvalue weighted by Gasteiger charge is -1.96. The number of ether oxygens (including phenoxy) is 2. The van der Waals surface area contributed by atoms with Gasteiger partial charge in [-0.1, -0.05) is 60.7 Å². The van der Waals surface area contributed by atoms with E-state index in [9.17, 15) is 14.0 Å². The second kappa shape index (κ2) is 13.1. The van der Waals surface area contributed by atoms with Crippen LogP contribution in [0.3, 0.4) is 0 Å². The molecule has 142 valence electrons. The first-order chi connectivity index (χ1) is 13.0. The van der Waals surface area contributed by atoms with Crippen molar-refractivity contribution in [2.75, 3.05) is 13.2 Å². The van der Waals surface area contributed by atoms with Gasteiger partial charge in [0.2, 0.25) is 0 Å². The largest absolute Gasteiger partial charge is 0.462 e. The average Bonchev–Trinajstić information content (AvgIpc) is 2.65. The highest BCUT2D eigenvalue weighted by Crippen LogP contribution is 2.07. The summed E-state index contributed by atoms with van der Waals surface area (Å²) in [6.07, 6.45) is 6.91. The normalized spacial score (nSPS) is 10.3. The van der Waals surface area contributed by atoms with Gasteiger partial charge in [-0.2, -0.15) is 0 Å². The van der Waals surface area contributed by atoms with E-state index in [2.05, 4.69) is 4.74 Å². The fourth-order valence-electron chi connectivity index (χ4n) is 1.86. The lowest BCUT2D eigenvalue weighted by molar-refractivity contribution is -0.140. The summed E-state index contributed by atoms with van der Waals surface area (Å²) in [4.78, 5) is 20.8. The van der Waals surface area contributed by atoms with Crippen LogP contribution >= 0.6 is 0 Å². The lowest BCUT2D eigenvalue weighted by atomic mass is 10.2. The number of hydrogen-bond donors (Lipinski definition) is 0. The highest BCUT2D eigenvalue weighted by atomic mass is 19.1. The number of halogens is 1. The van der Waals surface area contributed by atoms with E-state index >= 15 is 0 Å². The first-order valence-corrected chi connectivity index (χ1v) is 8.38. The fourth-order valence-corrected chi connectivity index (χ4v) is 1.86. The van der Waals surface area contributed by atoms with E-state index < -0.39 is 0 Å². The molecule has 0 aliphatic rings. The monoisotopic (exact) mass is 370 g/mol. The molecule has 0 saturated heterocycles. The average molecular weight is 370 g/mol. The zero-order valence-electron chi connectivity index (χ0n) is 15.4. The topological polar surface area (TPSA) is 52.6 Å². The van der Waals surface area contributed by atoms with Gasteiger partial charge >= 0.3 is 11.9 Å². The number of carbonyl (C=O) groups excluding carboxylic acids is 2. The van der Waals surface area contributed by atoms with E-state index in [-0.39, 0.29) is 24.4 Å². The molecule has 0 unspecified atom stereocenters. The summed E-state index contributed by atoms with van der Waals surface area (Å²) < 4.78 is 22.4. The summed E-state index contributed by atoms with van der Waals surface area (Å²) in [5, 5.41) is 0. The Balaban J connectivity index is 0.000000271. The van der Waals surface area contributed by atoms with Gasteiger partial charge < -0.3 is 9.47 Å². The molecule has 5 heteroatoms. The maximum atomic E-state index is 13.0. The minimum absolute atomic E-state index is 0.170. The maximum absolute atomic E-state index is 13.0. The van der Waals surface area contributed by atoms with Crippen molar-refractivity contribution < 1.29 is 23.5 Å². The van der Waals surface area contributed by atoms with E-state index in [1.807, 2.05) is 42.5 Å². The van der Waals surface area contributed by atoms with Crippen molar-refractivity contribution in [3.8, 4) is 0 Å². The van der Waals surface area contributed by atoms with Gasteiger partial charge in [0.05, 0.1) is 0 Å². The highest BCUT2D eigenvalue weighted by molar-refractivity contribution is 5.66. The van der Waals surface area contributed by atoms with Crippen LogP contribution in [0.2, 0.25) is 0 Å². The Bertz CT molecular complexity index is 767. The fraction of sp³-hybridized carbons (Fsp3) is 0.182. The summed E-state index contributed by atoms with van der Waals surface area (Å²) in [6, 6.07) is 16.3. The molecule has 0 aliphatic carbocycles. The summed E-state index contributed by atoms with van der Waals surface area (Å²) in [5.41, 5.74) is 1.59. The molecule has 27 heavy (non-hydrogen) atoms. The van der Waals surface area contributed by atoms with Crippen LogP contribution in [0, 0.1) is 5.82 Å². The molecule has 2 aromatic carbocycles. The van der Waals surface area contributed by atoms with E-state index in [0.29, 0.717) is 12.2 Å². The Kier molecular flexibility index (Phi) is 10.6. The molecule has 0 saturated carbocycles. The number of rotatable bonds is 6. The van der Waals surface area contributed by atoms with Crippen molar-refractivity contribution >= 4 is 24.1 Å². The predicted molar refractivity (Wildman–Crippen MR) is 104 cm³/mol. The Morgan fingerprint density at radius 3 is 1.89 bits per heavy atom. The minimum atomic E-state index is -0.344. The lowest BCUT2D eigenvalue weighted by Crippen LogP contribution is -1.97. The molecule has 0 bridgehead atoms. The zero-order chi connectivity index (χ0) is 19.9. The summed E-state index contributed by atoms with van der Waals surface area (Å²) >= 11 is 0. The standard InChI is InChI=1S/C11H11FO2.C11H12O2/c1-9(13)14-8-4-6-10-5-2-3-7-11(10)12;1-10(12)13-9-5-8-11-6-3-2-4-7-11/h2-7H,8H2,1H3;2-8H,9H2,1H3. The molecular weight excluding hydrogens is 347 g/mol. The van der Waals surface area contributed by atoms with Crippen molar-refractivity contribution in [1.82, 2.24) is 0 Å². The van der Waals surface area contributed by atoms with Crippen molar-refractivity contribution in [2.24, 2.45) is 0 Å². The van der Waals surface area contributed by atoms with Crippen LogP contribution in [0.4, 0.5) is 4.39 Å². The van der Waals surface area contributed by atoms with Crippen LogP contribution in [-0.4, -0.2) is 25.2 Å². The Morgan fingerprint density at radius 1 is 0.815 bits per heavy atom. The molecule has 2 aromatic rings. The van der Waals surface area contributed by atoms with Crippen LogP contribution in [0.1, 0.15) is 25.0 Å². The van der Waals surface area contributed by atoms with Crippen LogP contribution in [0.25, 0.3) is 12.2 Å². The molecule has 0 aromatic heterocycles. The summed E-state index contributed by atoms with van der Waals surface area (Å²) in [7, 11) is 0. The molecular formula is C22H23FO4. The van der Waals surface area contributed by atoms with E-state index in [1.165, 1.54) is 19.9 Å². The minimum Gasteiger partial charge on any atom is -0.462 e. The van der Waals surface area contributed by atoms with Gasteiger partial charge in [0.15, 0.2) is 0 Å². The molecule has 0 aliphatic heterocycles. The summed E-state index contributed by atoms with van der Waals surface area (Å²) in [6.45, 7) is 3.24. The molecule has 2 rings (SSSR count). The van der Waals surface area contributed by atoms with E-state index in [4.69, 9.17) is 4.74 Å². The smallest absolute Gasteiger partial charge is 0.302 e. The number of hydrogen-bond acceptors (Lipinski definition) is 4. The third kappa shape index (κ3) is 11.1. The Hall–Kier alpha value is -3.21. The third-order valence-electron chi connectivity index (χ3n) is 3.08. The number of benzene rings is 2. The van der Waals surface area contributed by atoms with Crippen LogP contribution in [0.15, 0.2) is 66.7 Å². The number of esters is 2. The maximum Gasteiger partial charge on any atom is 0.302 e. The molecule has 0 fully saturated rings. The molecule has 0 spiro atoms. The summed E-state index contributed by atoms with van der Waals surface area (Å²) in [5.74, 6) is -0.882. The zero-order valence-corrected chi connectivity index (χ0v) is 15.4. The molecule has 0 heterocycles. The Labute approximate surface area is 158 Å². The van der Waals surface area contributed by atoms with Crippen molar-refractivity contribution in [1.29, 1.82) is 0 Å². The molecule has 0 radical (unpaired) electrons. The van der Waals surface area contributed by atoms with Gasteiger partial charge in [-0.3, -0.25) is 9.59 Å². The van der Waals surface area contributed by atoms with E-state index in [1.54, 1.807) is 30.4 Å². The van der Waals surface area contributed by atoms with Crippen molar-refractivity contribution in [2.45, 2.75) is 13.8 Å². The van der Waals surface area contributed by atoms with Crippen LogP contribution in [0.5, 0.6) is 0 Å². The third-order valence-corrected chi connectivity index (χ3v) is 3.08. The second-order valence-electron chi connectivity index (χ2n) is 5.34. The predicted octanol–water partition coefficient (Wildman–Crippen LogP) is 4.66. The van der Waals surface area contributed by atoms with Gasteiger partial charge in [0.1, 0.15) is 19.0 Å². The molecule has 0 atom stereocenters. The van der Waals surface area contributed by atoms with Crippen molar-refractivity contribution in [3.05, 3.63) is 83.7 Å². The number of carbonyl (C=O) groups is 2. The van der Waals surface area contributed by atoms with Gasteiger partial charge in [-0.05, 0) is 23.8 Å². The van der Waals surface area contributed by atoms with Crippen LogP contribution < -0.4 is 0 Å². The second-order valence-corrected chi connectivity index (χ2v) is 5.34. The van der Waals surface area contributed by atoms with E-state index in [0.717, 1.165) is 5.56 Å². The van der Waals surface area contributed by atoms with Gasteiger partial charge in [-0.25, -0.2) is 4.39 Å². The highest BCUT2D eigenvalue weighted by Gasteiger charge is 1.94. The van der Waals surface area contributed by atoms with Crippen LogP contribution in [-0.2, 0) is 19.1 Å². The first kappa shape index (κ1) is 21.8. The van der Waals surface area contributed by atoms with Gasteiger partial charge in [0.25, 0.3) is 0 Å². The van der Waals surface area contributed by atoms with Crippen molar-refractivity contribution in [3.63, 3.8) is 0 Å². The van der Waals surface area contributed by atoms with Gasteiger partial charge in [0, 0.05) is 19.4 Å². The molecule has 0 amide bonds. The quantitative estimate of drug-likeness (QED) is 0.694. The first-order valence-electron chi connectivity index (χ1n) is 8.38. The Morgan fingerprint density at radius 2 is 1.33 bits per heavy atom. The molecule has 0 N–H and O–H groups in total.